The summed E-state index contributed by atoms with van der Waals surface area (Å²) in [7, 11) is 1.41. The maximum Gasteiger partial charge on any atom is 0.336 e. The highest BCUT2D eigenvalue weighted by molar-refractivity contribution is 6.02. The number of carbonyl (C=O) groups excluding carboxylic acids is 1. The Bertz CT molecular complexity index is 1090. The molecule has 0 aromatic heterocycles. The number of esters is 1. The third kappa shape index (κ3) is 4.64. The van der Waals surface area contributed by atoms with E-state index in [9.17, 15) is 30.0 Å². The number of aliphatic carboxylic acids is 1. The number of phenolic OH excluding ortho intramolecular Hbond substituents is 1. The molecule has 3 rings (SSSR count). The normalized spacial score (nSPS) is 25.6. The van der Waals surface area contributed by atoms with E-state index in [0.29, 0.717) is 22.8 Å². The first kappa shape index (κ1) is 24.5. The van der Waals surface area contributed by atoms with Crippen LogP contribution < -0.4 is 4.74 Å². The number of aryl methyl sites for hydroxylation is 1. The van der Waals surface area contributed by atoms with E-state index in [1.807, 2.05) is 19.1 Å². The van der Waals surface area contributed by atoms with Gasteiger partial charge in [-0.25, -0.2) is 9.59 Å². The van der Waals surface area contributed by atoms with Gasteiger partial charge >= 0.3 is 11.9 Å². The molecule has 10 heteroatoms. The Labute approximate surface area is 189 Å². The van der Waals surface area contributed by atoms with Crippen molar-refractivity contribution in [1.29, 1.82) is 0 Å². The summed E-state index contributed by atoms with van der Waals surface area (Å²) in [5.74, 6) is -2.34. The number of carbonyl (C=O) groups is 2. The molecular weight excluding hydrogens is 436 g/mol. The number of aliphatic hydroxyl groups is 3. The Balaban J connectivity index is 1.94. The molecule has 1 heterocycles. The Hall–Kier alpha value is -3.18. The molecule has 10 nitrogen and oxygen atoms in total. The van der Waals surface area contributed by atoms with Crippen LogP contribution in [-0.4, -0.2) is 75.3 Å². The van der Waals surface area contributed by atoms with E-state index in [-0.39, 0.29) is 17.1 Å². The fourth-order valence-corrected chi connectivity index (χ4v) is 3.74. The Morgan fingerprint density at radius 1 is 1.15 bits per heavy atom. The summed E-state index contributed by atoms with van der Waals surface area (Å²) in [6, 6.07) is 7.03. The molecule has 2 aromatic rings. The summed E-state index contributed by atoms with van der Waals surface area (Å²) in [6.45, 7) is 3.38. The number of aromatic hydroxyl groups is 1. The van der Waals surface area contributed by atoms with Crippen LogP contribution in [0.5, 0.6) is 11.5 Å². The first-order chi connectivity index (χ1) is 15.6. The molecule has 5 atom stereocenters. The van der Waals surface area contributed by atoms with Crippen molar-refractivity contribution in [3.8, 4) is 11.5 Å². The molecule has 0 aliphatic carbocycles. The number of fused-ring (bicyclic) bond motifs is 1. The van der Waals surface area contributed by atoms with Crippen LogP contribution in [0.25, 0.3) is 16.8 Å². The Kier molecular flexibility index (Phi) is 7.23. The van der Waals surface area contributed by atoms with Gasteiger partial charge in [0.2, 0.25) is 6.29 Å². The van der Waals surface area contributed by atoms with Crippen LogP contribution in [0.1, 0.15) is 25.0 Å². The molecule has 0 spiro atoms. The molecule has 0 radical (unpaired) electrons. The average Bonchev–Trinajstić information content (AvgIpc) is 2.80. The number of phenols is 1. The van der Waals surface area contributed by atoms with Crippen LogP contribution in [0.2, 0.25) is 0 Å². The zero-order valence-corrected chi connectivity index (χ0v) is 18.3. The van der Waals surface area contributed by atoms with Gasteiger partial charge in [-0.3, -0.25) is 0 Å². The van der Waals surface area contributed by atoms with E-state index >= 15 is 0 Å². The first-order valence-corrected chi connectivity index (χ1v) is 10.2. The summed E-state index contributed by atoms with van der Waals surface area (Å²) < 4.78 is 15.3. The van der Waals surface area contributed by atoms with Crippen molar-refractivity contribution in [3.05, 3.63) is 41.0 Å². The molecule has 33 heavy (non-hydrogen) atoms. The summed E-state index contributed by atoms with van der Waals surface area (Å²) in [5.41, 5.74) is 1.49. The number of carboxylic acids is 1. The van der Waals surface area contributed by atoms with E-state index in [1.54, 1.807) is 12.1 Å². The highest BCUT2D eigenvalue weighted by Gasteiger charge is 2.48. The van der Waals surface area contributed by atoms with Crippen molar-refractivity contribution in [2.75, 3.05) is 7.11 Å². The van der Waals surface area contributed by atoms with Crippen LogP contribution in [0.15, 0.2) is 29.8 Å². The lowest BCUT2D eigenvalue weighted by Gasteiger charge is -2.37. The van der Waals surface area contributed by atoms with Crippen molar-refractivity contribution in [1.82, 2.24) is 0 Å². The van der Waals surface area contributed by atoms with Crippen LogP contribution in [0, 0.1) is 0 Å². The van der Waals surface area contributed by atoms with Gasteiger partial charge in [-0.05, 0) is 42.0 Å². The number of carboxylic acid groups (broad SMARTS) is 1. The van der Waals surface area contributed by atoms with E-state index in [1.165, 1.54) is 20.1 Å². The van der Waals surface area contributed by atoms with Gasteiger partial charge in [0.15, 0.2) is 17.6 Å². The lowest BCUT2D eigenvalue weighted by atomic mass is 9.96. The number of hydrogen-bond donors (Lipinski definition) is 5. The molecule has 5 N–H and O–H groups in total. The molecular formula is C23H26O10. The smallest absolute Gasteiger partial charge is 0.336 e. The molecule has 1 saturated heterocycles. The molecule has 0 saturated carbocycles. The minimum absolute atomic E-state index is 0.0201. The standard InChI is InChI=1S/C23H26O10/c1-4-11-6-5-7-13-12(9-14(31-3)16(24)15(11)13)8-10(2)22(30)33-23-19(27)17(25)18(26)20(32-23)21(28)29/h5-9,17-20,23-27H,4H2,1-3H3,(H,28,29)/b10-8+/t17-,18-,19+,20-,23-/m0/s1. The van der Waals surface area contributed by atoms with Gasteiger partial charge in [-0.15, -0.1) is 0 Å². The van der Waals surface area contributed by atoms with Gasteiger partial charge < -0.3 is 39.7 Å². The van der Waals surface area contributed by atoms with Gasteiger partial charge in [0.05, 0.1) is 7.11 Å². The summed E-state index contributed by atoms with van der Waals surface area (Å²) >= 11 is 0. The number of hydrogen-bond acceptors (Lipinski definition) is 9. The molecule has 178 valence electrons. The van der Waals surface area contributed by atoms with Crippen molar-refractivity contribution in [2.45, 2.75) is 51.0 Å². The van der Waals surface area contributed by atoms with Crippen LogP contribution >= 0.6 is 0 Å². The molecule has 2 aromatic carbocycles. The number of aliphatic hydroxyl groups excluding tert-OH is 3. The predicted octanol–water partition coefficient (Wildman–Crippen LogP) is 0.955. The number of benzene rings is 2. The lowest BCUT2D eigenvalue weighted by Crippen LogP contribution is -2.60. The Morgan fingerprint density at radius 2 is 1.85 bits per heavy atom. The molecule has 1 aliphatic heterocycles. The highest BCUT2D eigenvalue weighted by atomic mass is 16.7. The van der Waals surface area contributed by atoms with E-state index in [4.69, 9.17) is 19.3 Å². The van der Waals surface area contributed by atoms with Crippen LogP contribution in [0.3, 0.4) is 0 Å². The zero-order valence-electron chi connectivity index (χ0n) is 18.3. The fourth-order valence-electron chi connectivity index (χ4n) is 3.74. The van der Waals surface area contributed by atoms with Gasteiger partial charge in [0, 0.05) is 11.0 Å². The maximum atomic E-state index is 12.7. The summed E-state index contributed by atoms with van der Waals surface area (Å²) in [5, 5.41) is 50.7. The predicted molar refractivity (Wildman–Crippen MR) is 116 cm³/mol. The third-order valence-corrected chi connectivity index (χ3v) is 5.55. The monoisotopic (exact) mass is 462 g/mol. The van der Waals surface area contributed by atoms with Crippen molar-refractivity contribution in [2.24, 2.45) is 0 Å². The average molecular weight is 462 g/mol. The van der Waals surface area contributed by atoms with E-state index < -0.39 is 42.6 Å². The van der Waals surface area contributed by atoms with Gasteiger partial charge in [0.1, 0.15) is 18.3 Å². The van der Waals surface area contributed by atoms with Crippen molar-refractivity contribution in [3.63, 3.8) is 0 Å². The molecule has 0 bridgehead atoms. The third-order valence-electron chi connectivity index (χ3n) is 5.55. The van der Waals surface area contributed by atoms with Gasteiger partial charge in [-0.1, -0.05) is 25.1 Å². The summed E-state index contributed by atoms with van der Waals surface area (Å²) in [4.78, 5) is 23.9. The van der Waals surface area contributed by atoms with Gasteiger partial charge in [-0.2, -0.15) is 0 Å². The van der Waals surface area contributed by atoms with Crippen molar-refractivity contribution >= 4 is 28.8 Å². The number of methoxy groups -OCH3 is 1. The van der Waals surface area contributed by atoms with E-state index in [2.05, 4.69) is 0 Å². The lowest BCUT2D eigenvalue weighted by molar-refractivity contribution is -0.285. The quantitative estimate of drug-likeness (QED) is 0.309. The first-order valence-electron chi connectivity index (χ1n) is 10.2. The fraction of sp³-hybridized carbons (Fsp3) is 0.391. The van der Waals surface area contributed by atoms with E-state index in [0.717, 1.165) is 5.56 Å². The minimum atomic E-state index is -1.90. The zero-order chi connectivity index (χ0) is 24.4. The number of ether oxygens (including phenoxy) is 3. The highest BCUT2D eigenvalue weighted by Crippen LogP contribution is 2.40. The topological polar surface area (TPSA) is 163 Å². The van der Waals surface area contributed by atoms with Crippen LogP contribution in [0.4, 0.5) is 0 Å². The minimum Gasteiger partial charge on any atom is -0.504 e. The summed E-state index contributed by atoms with van der Waals surface area (Å²) in [6.07, 6.45) is -7.19. The molecule has 1 aliphatic rings. The largest absolute Gasteiger partial charge is 0.504 e. The maximum absolute atomic E-state index is 12.7. The van der Waals surface area contributed by atoms with Crippen molar-refractivity contribution < 1.29 is 49.3 Å². The molecule has 1 fully saturated rings. The van der Waals surface area contributed by atoms with Gasteiger partial charge in [0.25, 0.3) is 0 Å². The molecule has 0 amide bonds. The SMILES string of the molecule is CCc1cccc2c(/C=C(\C)C(=O)O[C@@H]3O[C@H](C(=O)O)[C@@H](O)[C@H](O)[C@H]3O)cc(OC)c(O)c12. The number of rotatable bonds is 6. The molecule has 0 unspecified atom stereocenters. The van der Waals surface area contributed by atoms with Crippen LogP contribution in [-0.2, 0) is 25.5 Å². The second-order valence-corrected chi connectivity index (χ2v) is 7.68. The Morgan fingerprint density at radius 3 is 2.45 bits per heavy atom. The second-order valence-electron chi connectivity index (χ2n) is 7.68. The second kappa shape index (κ2) is 9.75.